The minimum atomic E-state index is 0.0346. The van der Waals surface area contributed by atoms with E-state index in [2.05, 4.69) is 17.1 Å². The minimum Gasteiger partial charge on any atom is -0.357 e. The van der Waals surface area contributed by atoms with Crippen molar-refractivity contribution < 1.29 is 4.79 Å². The van der Waals surface area contributed by atoms with Crippen LogP contribution in [0.1, 0.15) is 54.9 Å². The fourth-order valence-corrected chi connectivity index (χ4v) is 4.25. The molecule has 1 saturated carbocycles. The number of benzene rings is 1. The predicted octanol–water partition coefficient (Wildman–Crippen LogP) is 3.12. The Kier molecular flexibility index (Phi) is 5.84. The minimum absolute atomic E-state index is 0.0346. The van der Waals surface area contributed by atoms with Crippen LogP contribution >= 0.6 is 0 Å². The Morgan fingerprint density at radius 2 is 1.88 bits per heavy atom. The van der Waals surface area contributed by atoms with Crippen molar-refractivity contribution >= 4 is 11.9 Å². The molecule has 5 heteroatoms. The second-order valence-corrected chi connectivity index (χ2v) is 7.95. The number of carbonyl (C=O) groups is 1. The Labute approximate surface area is 157 Å². The van der Waals surface area contributed by atoms with Crippen LogP contribution in [0.15, 0.2) is 29.3 Å². The molecule has 1 spiro atoms. The predicted molar refractivity (Wildman–Crippen MR) is 106 cm³/mol. The first-order valence-corrected chi connectivity index (χ1v) is 9.87. The van der Waals surface area contributed by atoms with E-state index in [0.29, 0.717) is 12.0 Å². The van der Waals surface area contributed by atoms with Crippen LogP contribution in [0, 0.1) is 5.41 Å². The summed E-state index contributed by atoms with van der Waals surface area (Å²) in [5.41, 5.74) is 2.40. The van der Waals surface area contributed by atoms with Gasteiger partial charge in [0.1, 0.15) is 0 Å². The number of carbonyl (C=O) groups excluding carboxylic acids is 1. The van der Waals surface area contributed by atoms with Crippen molar-refractivity contribution in [3.8, 4) is 0 Å². The van der Waals surface area contributed by atoms with Gasteiger partial charge < -0.3 is 15.1 Å². The number of likely N-dealkylation sites (tertiary alicyclic amines) is 1. The molecule has 0 unspecified atom stereocenters. The summed E-state index contributed by atoms with van der Waals surface area (Å²) in [7, 11) is 3.55. The highest BCUT2D eigenvalue weighted by Gasteiger charge is 2.41. The third-order valence-electron chi connectivity index (χ3n) is 5.76. The lowest BCUT2D eigenvalue weighted by Gasteiger charge is -2.26. The van der Waals surface area contributed by atoms with E-state index >= 15 is 0 Å². The molecular weight excluding hydrogens is 324 g/mol. The van der Waals surface area contributed by atoms with E-state index in [0.717, 1.165) is 36.7 Å². The lowest BCUT2D eigenvalue weighted by Crippen LogP contribution is -2.41. The summed E-state index contributed by atoms with van der Waals surface area (Å²) in [6.07, 6.45) is 6.84. The molecule has 26 heavy (non-hydrogen) atoms. The third kappa shape index (κ3) is 4.19. The van der Waals surface area contributed by atoms with Gasteiger partial charge in [0.25, 0.3) is 5.91 Å². The highest BCUT2D eigenvalue weighted by Crippen LogP contribution is 2.45. The van der Waals surface area contributed by atoms with Crippen molar-refractivity contribution in [3.05, 3.63) is 35.4 Å². The molecule has 1 heterocycles. The standard InChI is InChI=1S/C21H32N4O/c1-4-22-20(25-14-13-21(16-25)11-5-6-12-21)23-15-17-7-9-18(10-8-17)19(26)24(2)3/h7-10H,4-6,11-16H2,1-3H3,(H,22,23). The van der Waals surface area contributed by atoms with Gasteiger partial charge in [-0.3, -0.25) is 4.79 Å². The topological polar surface area (TPSA) is 47.9 Å². The molecule has 0 radical (unpaired) electrons. The highest BCUT2D eigenvalue weighted by molar-refractivity contribution is 5.93. The average molecular weight is 357 g/mol. The van der Waals surface area contributed by atoms with Crippen LogP contribution in [-0.2, 0) is 6.54 Å². The summed E-state index contributed by atoms with van der Waals surface area (Å²) in [6, 6.07) is 7.80. The normalized spacial score (nSPS) is 19.2. The van der Waals surface area contributed by atoms with Crippen LogP contribution in [0.4, 0.5) is 0 Å². The Morgan fingerprint density at radius 3 is 2.50 bits per heavy atom. The molecule has 1 saturated heterocycles. The first-order valence-electron chi connectivity index (χ1n) is 9.87. The summed E-state index contributed by atoms with van der Waals surface area (Å²) in [5.74, 6) is 1.07. The van der Waals surface area contributed by atoms with E-state index in [9.17, 15) is 4.79 Å². The number of guanidine groups is 1. The first-order chi connectivity index (χ1) is 12.5. The average Bonchev–Trinajstić information content (AvgIpc) is 3.28. The van der Waals surface area contributed by atoms with Crippen LogP contribution in [-0.4, -0.2) is 55.4 Å². The van der Waals surface area contributed by atoms with Gasteiger partial charge in [0.15, 0.2) is 5.96 Å². The fourth-order valence-electron chi connectivity index (χ4n) is 4.25. The zero-order valence-corrected chi connectivity index (χ0v) is 16.4. The van der Waals surface area contributed by atoms with Crippen molar-refractivity contribution in [2.75, 3.05) is 33.7 Å². The second-order valence-electron chi connectivity index (χ2n) is 7.95. The van der Waals surface area contributed by atoms with Crippen molar-refractivity contribution in [2.45, 2.75) is 45.6 Å². The maximum absolute atomic E-state index is 12.0. The lowest BCUT2D eigenvalue weighted by molar-refractivity contribution is 0.0827. The Balaban J connectivity index is 1.65. The summed E-state index contributed by atoms with van der Waals surface area (Å²) < 4.78 is 0. The molecule has 1 aromatic carbocycles. The van der Waals surface area contributed by atoms with Crippen LogP contribution in [0.25, 0.3) is 0 Å². The number of hydrogen-bond donors (Lipinski definition) is 1. The second kappa shape index (κ2) is 8.11. The van der Waals surface area contributed by atoms with Crippen molar-refractivity contribution in [1.29, 1.82) is 0 Å². The fraction of sp³-hybridized carbons (Fsp3) is 0.619. The lowest BCUT2D eigenvalue weighted by atomic mass is 9.86. The molecule has 5 nitrogen and oxygen atoms in total. The third-order valence-corrected chi connectivity index (χ3v) is 5.76. The number of hydrogen-bond acceptors (Lipinski definition) is 2. The van der Waals surface area contributed by atoms with E-state index in [1.807, 2.05) is 24.3 Å². The molecule has 0 aromatic heterocycles. The van der Waals surface area contributed by atoms with Crippen LogP contribution in [0.3, 0.4) is 0 Å². The van der Waals surface area contributed by atoms with E-state index in [-0.39, 0.29) is 5.91 Å². The van der Waals surface area contributed by atoms with Gasteiger partial charge in [0, 0.05) is 39.3 Å². The highest BCUT2D eigenvalue weighted by atomic mass is 16.2. The van der Waals surface area contributed by atoms with Crippen LogP contribution in [0.2, 0.25) is 0 Å². The van der Waals surface area contributed by atoms with Gasteiger partial charge in [-0.1, -0.05) is 25.0 Å². The molecule has 142 valence electrons. The summed E-state index contributed by atoms with van der Waals surface area (Å²) in [6.45, 7) is 5.91. The Morgan fingerprint density at radius 1 is 1.19 bits per heavy atom. The Bertz CT molecular complexity index is 644. The van der Waals surface area contributed by atoms with E-state index < -0.39 is 0 Å². The molecule has 0 atom stereocenters. The SMILES string of the molecule is CCNC(=NCc1ccc(C(=O)N(C)C)cc1)N1CCC2(CCCC2)C1. The molecule has 1 aromatic rings. The zero-order valence-electron chi connectivity index (χ0n) is 16.4. The van der Waals surface area contributed by atoms with Crippen molar-refractivity contribution in [3.63, 3.8) is 0 Å². The molecule has 2 aliphatic rings. The number of nitrogens with zero attached hydrogens (tertiary/aromatic N) is 3. The van der Waals surface area contributed by atoms with Crippen LogP contribution in [0.5, 0.6) is 0 Å². The molecule has 0 bridgehead atoms. The Hall–Kier alpha value is -2.04. The van der Waals surface area contributed by atoms with Crippen molar-refractivity contribution in [2.24, 2.45) is 10.4 Å². The van der Waals surface area contributed by atoms with Gasteiger partial charge in [-0.05, 0) is 49.3 Å². The molecule has 2 fully saturated rings. The molecule has 1 aliphatic carbocycles. The number of aliphatic imine (C=N–C) groups is 1. The largest absolute Gasteiger partial charge is 0.357 e. The summed E-state index contributed by atoms with van der Waals surface area (Å²) >= 11 is 0. The van der Waals surface area contributed by atoms with Gasteiger partial charge in [0.2, 0.25) is 0 Å². The summed E-state index contributed by atoms with van der Waals surface area (Å²) in [4.78, 5) is 20.9. The van der Waals surface area contributed by atoms with Gasteiger partial charge in [-0.2, -0.15) is 0 Å². The molecule has 1 N–H and O–H groups in total. The monoisotopic (exact) mass is 356 g/mol. The molecule has 3 rings (SSSR count). The van der Waals surface area contributed by atoms with E-state index in [4.69, 9.17) is 4.99 Å². The maximum atomic E-state index is 12.0. The smallest absolute Gasteiger partial charge is 0.253 e. The quantitative estimate of drug-likeness (QED) is 0.666. The molecule has 1 amide bonds. The van der Waals surface area contributed by atoms with Crippen molar-refractivity contribution in [1.82, 2.24) is 15.1 Å². The van der Waals surface area contributed by atoms with Crippen LogP contribution < -0.4 is 5.32 Å². The van der Waals surface area contributed by atoms with Gasteiger partial charge in [0.05, 0.1) is 6.54 Å². The number of rotatable bonds is 4. The van der Waals surface area contributed by atoms with Gasteiger partial charge in [-0.25, -0.2) is 4.99 Å². The first kappa shape index (κ1) is 18.7. The van der Waals surface area contributed by atoms with Gasteiger partial charge >= 0.3 is 0 Å². The van der Waals surface area contributed by atoms with Gasteiger partial charge in [-0.15, -0.1) is 0 Å². The van der Waals surface area contributed by atoms with E-state index in [1.165, 1.54) is 32.1 Å². The zero-order chi connectivity index (χ0) is 18.6. The van der Waals surface area contributed by atoms with E-state index in [1.54, 1.807) is 19.0 Å². The molecule has 1 aliphatic heterocycles. The summed E-state index contributed by atoms with van der Waals surface area (Å²) in [5, 5.41) is 3.46. The number of amides is 1. The number of nitrogens with one attached hydrogen (secondary N) is 1. The molecular formula is C21H32N4O. The maximum Gasteiger partial charge on any atom is 0.253 e.